The number of imidazole rings is 1. The van der Waals surface area contributed by atoms with Gasteiger partial charge in [0, 0.05) is 33.0 Å². The van der Waals surface area contributed by atoms with Gasteiger partial charge in [0.25, 0.3) is 5.91 Å². The van der Waals surface area contributed by atoms with E-state index in [4.69, 9.17) is 0 Å². The zero-order valence-corrected chi connectivity index (χ0v) is 21.8. The van der Waals surface area contributed by atoms with Crippen LogP contribution in [-0.2, 0) is 23.1 Å². The maximum atomic E-state index is 13.7. The highest BCUT2D eigenvalue weighted by atomic mass is 16.2. The van der Waals surface area contributed by atoms with Gasteiger partial charge in [-0.1, -0.05) is 37.3 Å². The summed E-state index contributed by atoms with van der Waals surface area (Å²) in [5, 5.41) is 5.97. The highest BCUT2D eigenvalue weighted by molar-refractivity contribution is 6.12. The predicted molar refractivity (Wildman–Crippen MR) is 141 cm³/mol. The summed E-state index contributed by atoms with van der Waals surface area (Å²) in [6.07, 6.45) is 4.25. The SMILES string of the molecule is CC[C@@H](NC(=O)N1C(=O)[C@H](Cc2cc(C)nc(NC)c2)[C@H]1C(=O)N(C)c1cn(C)cn1)c1ccccc1. The van der Waals surface area contributed by atoms with Crippen LogP contribution in [0.15, 0.2) is 55.0 Å². The molecule has 0 bridgehead atoms. The normalized spacial score (nSPS) is 17.6. The van der Waals surface area contributed by atoms with E-state index in [2.05, 4.69) is 20.6 Å². The summed E-state index contributed by atoms with van der Waals surface area (Å²) in [4.78, 5) is 51.6. The molecule has 3 atom stereocenters. The largest absolute Gasteiger partial charge is 0.373 e. The molecule has 10 nitrogen and oxygen atoms in total. The van der Waals surface area contributed by atoms with Crippen LogP contribution in [0.1, 0.15) is 36.2 Å². The van der Waals surface area contributed by atoms with E-state index in [0.717, 1.165) is 21.7 Å². The number of imide groups is 1. The number of carbonyl (C=O) groups is 3. The van der Waals surface area contributed by atoms with Gasteiger partial charge in [0.2, 0.25) is 5.91 Å². The number of likely N-dealkylation sites (N-methyl/N-ethyl adjacent to an activating group) is 1. The molecule has 1 aliphatic rings. The van der Waals surface area contributed by atoms with Gasteiger partial charge in [-0.2, -0.15) is 0 Å². The van der Waals surface area contributed by atoms with Crippen molar-refractivity contribution in [2.24, 2.45) is 13.0 Å². The van der Waals surface area contributed by atoms with Crippen LogP contribution in [0.5, 0.6) is 0 Å². The Morgan fingerprint density at radius 1 is 1.19 bits per heavy atom. The summed E-state index contributed by atoms with van der Waals surface area (Å²) in [6.45, 7) is 3.83. The molecule has 0 unspecified atom stereocenters. The molecular formula is C27H33N7O3. The molecule has 2 aromatic heterocycles. The Morgan fingerprint density at radius 3 is 2.54 bits per heavy atom. The molecule has 3 heterocycles. The van der Waals surface area contributed by atoms with Crippen molar-refractivity contribution in [2.75, 3.05) is 24.3 Å². The molecule has 0 saturated carbocycles. The van der Waals surface area contributed by atoms with E-state index in [1.165, 1.54) is 4.90 Å². The number of aryl methyl sites for hydroxylation is 2. The van der Waals surface area contributed by atoms with Crippen molar-refractivity contribution in [1.82, 2.24) is 24.8 Å². The summed E-state index contributed by atoms with van der Waals surface area (Å²) in [6, 6.07) is 11.5. The van der Waals surface area contributed by atoms with Crippen molar-refractivity contribution in [2.45, 2.75) is 38.8 Å². The molecule has 2 N–H and O–H groups in total. The third kappa shape index (κ3) is 5.32. The Balaban J connectivity index is 1.61. The summed E-state index contributed by atoms with van der Waals surface area (Å²) in [5.74, 6) is -0.315. The summed E-state index contributed by atoms with van der Waals surface area (Å²) in [5.41, 5.74) is 2.60. The van der Waals surface area contributed by atoms with Crippen molar-refractivity contribution in [1.29, 1.82) is 0 Å². The average Bonchev–Trinajstić information content (AvgIpc) is 3.34. The van der Waals surface area contributed by atoms with Crippen LogP contribution in [0.25, 0.3) is 0 Å². The minimum atomic E-state index is -0.959. The molecule has 1 aromatic carbocycles. The number of hydrogen-bond acceptors (Lipinski definition) is 6. The van der Waals surface area contributed by atoms with Gasteiger partial charge < -0.3 is 15.2 Å². The van der Waals surface area contributed by atoms with E-state index >= 15 is 0 Å². The lowest BCUT2D eigenvalue weighted by Gasteiger charge is -2.45. The van der Waals surface area contributed by atoms with Gasteiger partial charge >= 0.3 is 6.03 Å². The molecule has 10 heteroatoms. The molecule has 0 radical (unpaired) electrons. The molecular weight excluding hydrogens is 470 g/mol. The Morgan fingerprint density at radius 2 is 1.92 bits per heavy atom. The van der Waals surface area contributed by atoms with E-state index in [1.807, 2.05) is 63.4 Å². The van der Waals surface area contributed by atoms with E-state index < -0.39 is 18.0 Å². The zero-order chi connectivity index (χ0) is 26.7. The number of carbonyl (C=O) groups excluding carboxylic acids is 3. The molecule has 1 aliphatic heterocycles. The maximum absolute atomic E-state index is 13.7. The fourth-order valence-electron chi connectivity index (χ4n) is 4.71. The second-order valence-corrected chi connectivity index (χ2v) is 9.33. The van der Waals surface area contributed by atoms with Crippen LogP contribution < -0.4 is 15.5 Å². The van der Waals surface area contributed by atoms with Crippen molar-refractivity contribution in [3.8, 4) is 0 Å². The summed E-state index contributed by atoms with van der Waals surface area (Å²) in [7, 11) is 5.19. The summed E-state index contributed by atoms with van der Waals surface area (Å²) >= 11 is 0. The number of β-lactam (4-membered cyclic amide) rings is 1. The number of nitrogens with one attached hydrogen (secondary N) is 2. The third-order valence-corrected chi connectivity index (χ3v) is 6.68. The van der Waals surface area contributed by atoms with Crippen molar-refractivity contribution < 1.29 is 14.4 Å². The zero-order valence-electron chi connectivity index (χ0n) is 21.8. The van der Waals surface area contributed by atoms with Gasteiger partial charge in [-0.15, -0.1) is 0 Å². The molecule has 0 aliphatic carbocycles. The van der Waals surface area contributed by atoms with Gasteiger partial charge in [0.1, 0.15) is 11.9 Å². The molecule has 3 aromatic rings. The fourth-order valence-corrected chi connectivity index (χ4v) is 4.71. The lowest BCUT2D eigenvalue weighted by molar-refractivity contribution is -0.156. The number of anilines is 2. The lowest BCUT2D eigenvalue weighted by atomic mass is 9.81. The molecule has 194 valence electrons. The van der Waals surface area contributed by atoms with E-state index in [9.17, 15) is 14.4 Å². The fraction of sp³-hybridized carbons (Fsp3) is 0.370. The van der Waals surface area contributed by atoms with E-state index in [-0.39, 0.29) is 17.9 Å². The van der Waals surface area contributed by atoms with Crippen molar-refractivity contribution in [3.63, 3.8) is 0 Å². The molecule has 1 fully saturated rings. The van der Waals surface area contributed by atoms with Crippen LogP contribution in [0.4, 0.5) is 16.4 Å². The van der Waals surface area contributed by atoms with Gasteiger partial charge in [-0.05, 0) is 43.0 Å². The first kappa shape index (κ1) is 25.9. The number of nitrogens with zero attached hydrogens (tertiary/aromatic N) is 5. The van der Waals surface area contributed by atoms with Crippen molar-refractivity contribution >= 4 is 29.5 Å². The Hall–Kier alpha value is -4.21. The van der Waals surface area contributed by atoms with Crippen LogP contribution >= 0.6 is 0 Å². The number of pyridine rings is 1. The average molecular weight is 504 g/mol. The van der Waals surface area contributed by atoms with Gasteiger partial charge in [0.05, 0.1) is 18.3 Å². The topological polar surface area (TPSA) is 112 Å². The Labute approximate surface area is 216 Å². The first-order valence-corrected chi connectivity index (χ1v) is 12.3. The van der Waals surface area contributed by atoms with Gasteiger partial charge in [-0.3, -0.25) is 19.4 Å². The first-order valence-electron chi connectivity index (χ1n) is 12.3. The second-order valence-electron chi connectivity index (χ2n) is 9.33. The number of likely N-dealkylation sites (tertiary alicyclic amines) is 1. The molecule has 1 saturated heterocycles. The molecule has 4 amide bonds. The highest BCUT2D eigenvalue weighted by Gasteiger charge is 2.55. The van der Waals surface area contributed by atoms with E-state index in [1.54, 1.807) is 31.2 Å². The minimum absolute atomic E-state index is 0.286. The van der Waals surface area contributed by atoms with Crippen LogP contribution in [0.2, 0.25) is 0 Å². The Kier molecular flexibility index (Phi) is 7.56. The number of urea groups is 1. The number of amides is 4. The van der Waals surface area contributed by atoms with Crippen LogP contribution in [0.3, 0.4) is 0 Å². The molecule has 4 rings (SSSR count). The standard InChI is InChI=1S/C27H33N7O3/c1-6-21(19-10-8-7-9-11-19)31-27(37)34-24(26(36)33(5)23-15-32(4)16-29-23)20(25(34)35)13-18-12-17(2)30-22(14-18)28-3/h7-12,14-16,20-21,24H,6,13H2,1-5H3,(H,28,30)(H,31,37)/t20-,21-,24+/m1/s1. The smallest absolute Gasteiger partial charge is 0.325 e. The predicted octanol–water partition coefficient (Wildman–Crippen LogP) is 3.06. The summed E-state index contributed by atoms with van der Waals surface area (Å²) < 4.78 is 1.73. The monoisotopic (exact) mass is 503 g/mol. The number of hydrogen-bond donors (Lipinski definition) is 2. The molecule has 0 spiro atoms. The quantitative estimate of drug-likeness (QED) is 0.457. The number of rotatable bonds is 8. The Bertz CT molecular complexity index is 1290. The highest BCUT2D eigenvalue weighted by Crippen LogP contribution is 2.33. The van der Waals surface area contributed by atoms with E-state index in [0.29, 0.717) is 24.5 Å². The first-order chi connectivity index (χ1) is 17.7. The third-order valence-electron chi connectivity index (χ3n) is 6.68. The lowest BCUT2D eigenvalue weighted by Crippen LogP contribution is -2.70. The van der Waals surface area contributed by atoms with Crippen LogP contribution in [0, 0.1) is 12.8 Å². The maximum Gasteiger partial charge on any atom is 0.325 e. The molecule has 37 heavy (non-hydrogen) atoms. The number of aromatic nitrogens is 3. The van der Waals surface area contributed by atoms with Gasteiger partial charge in [0.15, 0.2) is 5.82 Å². The van der Waals surface area contributed by atoms with Crippen LogP contribution in [-0.4, -0.2) is 57.4 Å². The van der Waals surface area contributed by atoms with Gasteiger partial charge in [-0.25, -0.2) is 14.8 Å². The minimum Gasteiger partial charge on any atom is -0.373 e. The number of benzene rings is 1. The second kappa shape index (κ2) is 10.8. The van der Waals surface area contributed by atoms with Crippen molar-refractivity contribution in [3.05, 3.63) is 71.8 Å².